The molecule has 2 amide bonds. The van der Waals surface area contributed by atoms with E-state index in [1.807, 2.05) is 69.1 Å². The van der Waals surface area contributed by atoms with Crippen LogP contribution in [0.4, 0.5) is 5.69 Å². The number of methoxy groups -OCH3 is 4. The minimum Gasteiger partial charge on any atom is -0.496 e. The lowest BCUT2D eigenvalue weighted by Crippen LogP contribution is -2.81. The van der Waals surface area contributed by atoms with Gasteiger partial charge < -0.3 is 69.0 Å². The summed E-state index contributed by atoms with van der Waals surface area (Å²) in [7, 11) is 7.86. The first-order valence-corrected chi connectivity index (χ1v) is 29.8. The Bertz CT molecular complexity index is 2900. The van der Waals surface area contributed by atoms with E-state index >= 15 is 9.59 Å². The van der Waals surface area contributed by atoms with Crippen LogP contribution in [-0.4, -0.2) is 202 Å². The Morgan fingerprint density at radius 1 is 0.916 bits per heavy atom. The maximum Gasteiger partial charge on any atom is 0.328 e. The van der Waals surface area contributed by atoms with E-state index in [0.29, 0.717) is 93.9 Å². The molecular formula is C62H88N6O15. The number of amides is 2. The minimum atomic E-state index is -2.42. The molecule has 21 nitrogen and oxygen atoms in total. The van der Waals surface area contributed by atoms with E-state index < -0.39 is 87.8 Å². The van der Waals surface area contributed by atoms with Crippen molar-refractivity contribution in [2.24, 2.45) is 11.3 Å². The molecule has 5 aliphatic heterocycles. The number of H-pyrrole nitrogens is 1. The smallest absolute Gasteiger partial charge is 0.328 e. The van der Waals surface area contributed by atoms with E-state index in [1.54, 1.807) is 7.11 Å². The standard InChI is InChI=1S/C62H88N6O15/c1-10-40(83-50(79-8)36-77-6)35-82-49(70)21-15-20-48(69)64-38(4)52(71)81-29-17-25-63-56(73)62(76)54-60(24-28-68-26-16-23-59(12-3,53(60)68)55(62)72)43-30-44(47(78-7)31-46(43)66(54)5)61(57(74)80-9)33-39-32-58(75,11-2)37-67(34-39)27-22-42-41-18-13-14-19-45(41)65-51(42)61/h13-14,16,18-19,23,30-31,38-40,50,53-55,65,72,75-76H,10-12,15,17,20-22,24-29,32-37H2,1-9H3,(H,63,73)(H,64,69)/t38-,39-,40?,50?,53?,54?,55-,58?,59-,60-,61+,62+/m1/s1. The number of aliphatic hydroxyl groups excluding tert-OH is 1. The number of nitrogens with one attached hydrogen (secondary N) is 3. The quantitative estimate of drug-likeness (QED) is 0.0244. The summed E-state index contributed by atoms with van der Waals surface area (Å²) in [6, 6.07) is 9.67. The van der Waals surface area contributed by atoms with Gasteiger partial charge in [-0.15, -0.1) is 0 Å². The maximum atomic E-state index is 15.5. The largest absolute Gasteiger partial charge is 0.496 e. The molecule has 1 aromatic heterocycles. The molecule has 2 aromatic carbocycles. The Labute approximate surface area is 487 Å². The molecule has 6 aliphatic rings. The number of anilines is 1. The first-order chi connectivity index (χ1) is 39.8. The zero-order valence-corrected chi connectivity index (χ0v) is 49.9. The summed E-state index contributed by atoms with van der Waals surface area (Å²) in [5, 5.41) is 45.2. The molecule has 9 rings (SSSR count). The van der Waals surface area contributed by atoms with Gasteiger partial charge in [0.05, 0.1) is 45.2 Å². The number of rotatable bonds is 24. The number of para-hydroxylation sites is 1. The summed E-state index contributed by atoms with van der Waals surface area (Å²) < 4.78 is 39.4. The number of hydrogen-bond acceptors (Lipinski definition) is 18. The van der Waals surface area contributed by atoms with Gasteiger partial charge in [0.25, 0.3) is 5.91 Å². The molecule has 1 aliphatic carbocycles. The first kappa shape index (κ1) is 61.9. The molecule has 1 spiro atoms. The van der Waals surface area contributed by atoms with Crippen LogP contribution in [0.1, 0.15) is 114 Å². The van der Waals surface area contributed by atoms with Crippen LogP contribution in [0.15, 0.2) is 48.6 Å². The Balaban J connectivity index is 0.950. The van der Waals surface area contributed by atoms with Crippen molar-refractivity contribution in [3.63, 3.8) is 0 Å². The third-order valence-electron chi connectivity index (χ3n) is 19.4. The number of esters is 3. The topological polar surface area (TPSA) is 260 Å². The molecule has 2 bridgehead atoms. The van der Waals surface area contributed by atoms with E-state index in [9.17, 15) is 29.7 Å². The lowest BCUT2D eigenvalue weighted by atomic mass is 9.47. The molecule has 5 unspecified atom stereocenters. The molecule has 21 heteroatoms. The van der Waals surface area contributed by atoms with Crippen molar-refractivity contribution in [1.29, 1.82) is 0 Å². The number of aromatic amines is 1. The number of nitrogens with zero attached hydrogens (tertiary/aromatic N) is 3. The number of carbonyl (C=O) groups is 5. The van der Waals surface area contributed by atoms with Crippen molar-refractivity contribution in [2.45, 2.75) is 157 Å². The fraction of sp³-hybridized carbons (Fsp3) is 0.661. The van der Waals surface area contributed by atoms with Crippen LogP contribution >= 0.6 is 0 Å². The third kappa shape index (κ3) is 10.9. The van der Waals surface area contributed by atoms with E-state index in [0.717, 1.165) is 22.0 Å². The molecule has 83 heavy (non-hydrogen) atoms. The second-order valence-corrected chi connectivity index (χ2v) is 24.0. The van der Waals surface area contributed by atoms with Gasteiger partial charge in [0.2, 0.25) is 5.91 Å². The monoisotopic (exact) mass is 1160 g/mol. The first-order valence-electron chi connectivity index (χ1n) is 29.8. The number of benzene rings is 2. The van der Waals surface area contributed by atoms with E-state index in [-0.39, 0.29) is 70.4 Å². The normalized spacial score (nSPS) is 30.7. The molecule has 1 saturated carbocycles. The fourth-order valence-electron chi connectivity index (χ4n) is 15.5. The van der Waals surface area contributed by atoms with Crippen LogP contribution in [-0.2, 0) is 69.6 Å². The van der Waals surface area contributed by atoms with Crippen LogP contribution in [0, 0.1) is 11.3 Å². The highest BCUT2D eigenvalue weighted by Crippen LogP contribution is 2.67. The average Bonchev–Trinajstić information content (AvgIpc) is 1.98. The number of fused-ring (bicyclic) bond motifs is 6. The maximum absolute atomic E-state index is 15.5. The Hall–Kier alpha value is -5.65. The van der Waals surface area contributed by atoms with Gasteiger partial charge in [0.1, 0.15) is 29.9 Å². The average molecular weight is 1160 g/mol. The summed E-state index contributed by atoms with van der Waals surface area (Å²) in [5.41, 5.74) is -2.29. The van der Waals surface area contributed by atoms with Gasteiger partial charge in [-0.3, -0.25) is 29.0 Å². The van der Waals surface area contributed by atoms with Crippen LogP contribution in [0.25, 0.3) is 10.9 Å². The van der Waals surface area contributed by atoms with Gasteiger partial charge in [-0.2, -0.15) is 0 Å². The lowest BCUT2D eigenvalue weighted by Gasteiger charge is -2.63. The second-order valence-electron chi connectivity index (χ2n) is 24.0. The molecule has 6 N–H and O–H groups in total. The minimum absolute atomic E-state index is 0.0150. The molecule has 2 saturated heterocycles. The lowest BCUT2D eigenvalue weighted by molar-refractivity contribution is -0.203. The highest BCUT2D eigenvalue weighted by molar-refractivity contribution is 5.95. The van der Waals surface area contributed by atoms with Gasteiger partial charge in [0.15, 0.2) is 11.9 Å². The van der Waals surface area contributed by atoms with Crippen molar-refractivity contribution in [1.82, 2.24) is 25.4 Å². The Morgan fingerprint density at radius 2 is 1.70 bits per heavy atom. The Morgan fingerprint density at radius 3 is 2.41 bits per heavy atom. The predicted molar refractivity (Wildman–Crippen MR) is 308 cm³/mol. The summed E-state index contributed by atoms with van der Waals surface area (Å²) in [5.74, 6) is -2.63. The van der Waals surface area contributed by atoms with Gasteiger partial charge in [-0.25, -0.2) is 4.79 Å². The fourth-order valence-corrected chi connectivity index (χ4v) is 15.5. The van der Waals surface area contributed by atoms with Gasteiger partial charge in [0, 0.05) is 118 Å². The van der Waals surface area contributed by atoms with Crippen LogP contribution in [0.3, 0.4) is 0 Å². The number of carbonyl (C=O) groups excluding carboxylic acids is 5. The number of ether oxygens (including phenoxy) is 7. The SMILES string of the molecule is CCC(COC(=O)CCCC(=O)N[C@H](C)C(=O)OCCCNC(=O)[C@]1(O)C2N(C)c3cc(OC)c([C@@]4(C(=O)OC)C[C@@H]5C[N@](CCc6c4[nH]c4ccccc64)CC(O)(CC)C5)cc3[C@@]23CCN2CC=C[C@](CC)(C23)[C@H]1O)OC(COC)OC. The van der Waals surface area contributed by atoms with Crippen LogP contribution in [0.5, 0.6) is 5.75 Å². The molecule has 3 aromatic rings. The molecule has 0 radical (unpaired) electrons. The zero-order chi connectivity index (χ0) is 59.6. The van der Waals surface area contributed by atoms with Crippen molar-refractivity contribution in [2.75, 3.05) is 99.5 Å². The number of aliphatic hydroxyl groups is 3. The van der Waals surface area contributed by atoms with Crippen molar-refractivity contribution in [3.8, 4) is 5.75 Å². The van der Waals surface area contributed by atoms with Gasteiger partial charge in [-0.1, -0.05) is 51.1 Å². The van der Waals surface area contributed by atoms with Gasteiger partial charge >= 0.3 is 17.9 Å². The summed E-state index contributed by atoms with van der Waals surface area (Å²) in [4.78, 5) is 79.4. The molecule has 6 heterocycles. The highest BCUT2D eigenvalue weighted by Gasteiger charge is 2.78. The number of likely N-dealkylation sites (N-methyl/N-ethyl adjacent to an activating group) is 1. The molecule has 13 atom stereocenters. The van der Waals surface area contributed by atoms with Crippen molar-refractivity contribution >= 4 is 46.3 Å². The molecular weight excluding hydrogens is 1070 g/mol. The summed E-state index contributed by atoms with van der Waals surface area (Å²) in [6.07, 6.45) is 5.12. The van der Waals surface area contributed by atoms with Crippen molar-refractivity contribution in [3.05, 3.63) is 70.9 Å². The van der Waals surface area contributed by atoms with E-state index in [4.69, 9.17) is 33.2 Å². The number of piperidine rings is 1. The highest BCUT2D eigenvalue weighted by atomic mass is 16.7. The predicted octanol–water partition coefficient (Wildman–Crippen LogP) is 3.93. The molecule has 3 fully saturated rings. The number of hydrogen-bond donors (Lipinski definition) is 6. The Kier molecular flexibility index (Phi) is 18.7. The van der Waals surface area contributed by atoms with Gasteiger partial charge in [-0.05, 0) is 100 Å². The van der Waals surface area contributed by atoms with E-state index in [1.165, 1.54) is 28.3 Å². The second kappa shape index (κ2) is 25.1. The zero-order valence-electron chi connectivity index (χ0n) is 49.9. The molecule has 456 valence electrons. The van der Waals surface area contributed by atoms with Crippen molar-refractivity contribution < 1.29 is 72.5 Å². The third-order valence-corrected chi connectivity index (χ3v) is 19.4. The number of aromatic nitrogens is 1. The van der Waals surface area contributed by atoms with Crippen LogP contribution < -0.4 is 20.3 Å². The van der Waals surface area contributed by atoms with Crippen LogP contribution in [0.2, 0.25) is 0 Å². The van der Waals surface area contributed by atoms with E-state index in [2.05, 4.69) is 37.6 Å². The summed E-state index contributed by atoms with van der Waals surface area (Å²) in [6.45, 7) is 10.5. The summed E-state index contributed by atoms with van der Waals surface area (Å²) >= 11 is 0.